The lowest BCUT2D eigenvalue weighted by Crippen LogP contribution is -2.41. The van der Waals surface area contributed by atoms with Crippen molar-refractivity contribution in [3.8, 4) is 5.75 Å². The molecule has 26 heavy (non-hydrogen) atoms. The molecule has 0 aliphatic carbocycles. The summed E-state index contributed by atoms with van der Waals surface area (Å²) in [5.41, 5.74) is 1.14. The van der Waals surface area contributed by atoms with E-state index in [1.54, 1.807) is 0 Å². The van der Waals surface area contributed by atoms with Crippen LogP contribution in [0, 0.1) is 0 Å². The van der Waals surface area contributed by atoms with Gasteiger partial charge in [-0.15, -0.1) is 0 Å². The first-order valence-corrected chi connectivity index (χ1v) is 10.3. The lowest BCUT2D eigenvalue weighted by Gasteiger charge is -2.35. The Bertz CT molecular complexity index is 559. The maximum atomic E-state index is 12.4. The van der Waals surface area contributed by atoms with E-state index in [0.717, 1.165) is 30.3 Å². The molecule has 1 saturated heterocycles. The summed E-state index contributed by atoms with van der Waals surface area (Å²) >= 11 is 0. The van der Waals surface area contributed by atoms with E-state index in [4.69, 9.17) is 4.74 Å². The van der Waals surface area contributed by atoms with Crippen molar-refractivity contribution in [2.75, 3.05) is 19.6 Å². The topological polar surface area (TPSA) is 41.6 Å². The van der Waals surface area contributed by atoms with Gasteiger partial charge < -0.3 is 15.0 Å². The van der Waals surface area contributed by atoms with Crippen molar-refractivity contribution < 1.29 is 9.53 Å². The highest BCUT2D eigenvalue weighted by Gasteiger charge is 2.20. The molecule has 0 unspecified atom stereocenters. The smallest absolute Gasteiger partial charge is 0.260 e. The van der Waals surface area contributed by atoms with Crippen LogP contribution in [0.3, 0.4) is 0 Å². The number of hydrogen-bond donors (Lipinski definition) is 1. The molecule has 4 nitrogen and oxygen atoms in total. The van der Waals surface area contributed by atoms with E-state index in [9.17, 15) is 4.79 Å². The fraction of sp³-hybridized carbons (Fsp3) is 0.682. The fourth-order valence-corrected chi connectivity index (χ4v) is 3.76. The Labute approximate surface area is 159 Å². The zero-order valence-corrected chi connectivity index (χ0v) is 17.0. The van der Waals surface area contributed by atoms with Crippen LogP contribution >= 0.6 is 0 Å². The number of carbonyl (C=O) groups excluding carboxylic acids is 1. The van der Waals surface area contributed by atoms with Gasteiger partial charge in [0.05, 0.1) is 0 Å². The van der Waals surface area contributed by atoms with Crippen molar-refractivity contribution in [1.82, 2.24) is 10.2 Å². The summed E-state index contributed by atoms with van der Waals surface area (Å²) in [6.45, 7) is 11.4. The van der Waals surface area contributed by atoms with Gasteiger partial charge in [-0.05, 0) is 56.7 Å². The Morgan fingerprint density at radius 2 is 2.04 bits per heavy atom. The first-order chi connectivity index (χ1) is 12.5. The van der Waals surface area contributed by atoms with E-state index in [-0.39, 0.29) is 5.91 Å². The van der Waals surface area contributed by atoms with Crippen molar-refractivity contribution in [2.24, 2.45) is 0 Å². The lowest BCUT2D eigenvalue weighted by atomic mass is 10.00. The molecule has 1 aromatic carbocycles. The Balaban J connectivity index is 1.74. The standard InChI is InChI=1S/C22H36N2O2/c1-5-19-11-8-9-15-24(19)16-10-14-23-22(25)18(4)26-21-13-7-6-12-20(21)17(2)3/h6-7,12-13,17-19H,5,8-11,14-16H2,1-4H3,(H,23,25)/t18-,19+/m0/s1. The van der Waals surface area contributed by atoms with Crippen molar-refractivity contribution in [1.29, 1.82) is 0 Å². The lowest BCUT2D eigenvalue weighted by molar-refractivity contribution is -0.127. The second-order valence-corrected chi connectivity index (χ2v) is 7.69. The number of hydrogen-bond acceptors (Lipinski definition) is 3. The molecule has 0 radical (unpaired) electrons. The van der Waals surface area contributed by atoms with Crippen LogP contribution < -0.4 is 10.1 Å². The minimum absolute atomic E-state index is 0.0331. The van der Waals surface area contributed by atoms with Crippen LogP contribution in [-0.4, -0.2) is 42.6 Å². The van der Waals surface area contributed by atoms with Crippen molar-refractivity contribution in [3.05, 3.63) is 29.8 Å². The van der Waals surface area contributed by atoms with Crippen LogP contribution in [0.2, 0.25) is 0 Å². The second-order valence-electron chi connectivity index (χ2n) is 7.69. The molecule has 2 rings (SSSR count). The number of benzene rings is 1. The molecule has 0 spiro atoms. The van der Waals surface area contributed by atoms with Gasteiger partial charge in [-0.3, -0.25) is 4.79 Å². The summed E-state index contributed by atoms with van der Waals surface area (Å²) in [5, 5.41) is 3.03. The molecule has 1 amide bonds. The number of nitrogens with one attached hydrogen (secondary N) is 1. The summed E-state index contributed by atoms with van der Waals surface area (Å²) in [4.78, 5) is 14.9. The zero-order valence-electron chi connectivity index (χ0n) is 17.0. The van der Waals surface area contributed by atoms with Crippen LogP contribution in [0.15, 0.2) is 24.3 Å². The van der Waals surface area contributed by atoms with Crippen LogP contribution in [0.5, 0.6) is 5.75 Å². The normalized spacial score (nSPS) is 19.3. The highest BCUT2D eigenvalue weighted by atomic mass is 16.5. The number of ether oxygens (including phenoxy) is 1. The van der Waals surface area contributed by atoms with Gasteiger partial charge >= 0.3 is 0 Å². The van der Waals surface area contributed by atoms with Gasteiger partial charge in [0.25, 0.3) is 5.91 Å². The van der Waals surface area contributed by atoms with E-state index in [2.05, 4.69) is 37.1 Å². The number of para-hydroxylation sites is 1. The van der Waals surface area contributed by atoms with Crippen molar-refractivity contribution in [3.63, 3.8) is 0 Å². The van der Waals surface area contributed by atoms with Gasteiger partial charge in [0.15, 0.2) is 6.10 Å². The van der Waals surface area contributed by atoms with Gasteiger partial charge in [-0.2, -0.15) is 0 Å². The summed E-state index contributed by atoms with van der Waals surface area (Å²) in [7, 11) is 0. The second kappa shape index (κ2) is 10.6. The third kappa shape index (κ3) is 6.01. The average molecular weight is 361 g/mol. The molecule has 1 fully saturated rings. The van der Waals surface area contributed by atoms with Crippen molar-refractivity contribution >= 4 is 5.91 Å². The SMILES string of the molecule is CC[C@@H]1CCCCN1CCCNC(=O)[C@H](C)Oc1ccccc1C(C)C. The highest BCUT2D eigenvalue weighted by molar-refractivity contribution is 5.80. The van der Waals surface area contributed by atoms with Crippen LogP contribution in [0.1, 0.15) is 71.3 Å². The summed E-state index contributed by atoms with van der Waals surface area (Å²) in [5.74, 6) is 1.15. The number of carbonyl (C=O) groups is 1. The molecular weight excluding hydrogens is 324 g/mol. The summed E-state index contributed by atoms with van der Waals surface area (Å²) in [6.07, 6.45) is 5.74. The zero-order chi connectivity index (χ0) is 18.9. The number of piperidine rings is 1. The first-order valence-electron chi connectivity index (χ1n) is 10.3. The predicted octanol–water partition coefficient (Wildman–Crippen LogP) is 4.35. The van der Waals surface area contributed by atoms with E-state index >= 15 is 0 Å². The monoisotopic (exact) mass is 360 g/mol. The molecule has 146 valence electrons. The Morgan fingerprint density at radius 3 is 2.77 bits per heavy atom. The number of amides is 1. The number of rotatable bonds is 9. The molecule has 0 bridgehead atoms. The minimum atomic E-state index is -0.478. The fourth-order valence-electron chi connectivity index (χ4n) is 3.76. The maximum Gasteiger partial charge on any atom is 0.260 e. The number of likely N-dealkylation sites (tertiary alicyclic amines) is 1. The first kappa shape index (κ1) is 20.8. The third-order valence-corrected chi connectivity index (χ3v) is 5.36. The minimum Gasteiger partial charge on any atom is -0.481 e. The molecular formula is C22H36N2O2. The van der Waals surface area contributed by atoms with Gasteiger partial charge in [0.1, 0.15) is 5.75 Å². The molecule has 0 aromatic heterocycles. The largest absolute Gasteiger partial charge is 0.481 e. The molecule has 2 atom stereocenters. The molecule has 1 aliphatic heterocycles. The molecule has 1 aliphatic rings. The van der Waals surface area contributed by atoms with Gasteiger partial charge in [0.2, 0.25) is 0 Å². The van der Waals surface area contributed by atoms with Crippen LogP contribution in [-0.2, 0) is 4.79 Å². The third-order valence-electron chi connectivity index (χ3n) is 5.36. The van der Waals surface area contributed by atoms with E-state index in [1.807, 2.05) is 25.1 Å². The molecule has 1 N–H and O–H groups in total. The van der Waals surface area contributed by atoms with Crippen LogP contribution in [0.25, 0.3) is 0 Å². The van der Waals surface area contributed by atoms with E-state index in [1.165, 1.54) is 32.2 Å². The van der Waals surface area contributed by atoms with Gasteiger partial charge in [-0.1, -0.05) is 45.4 Å². The number of nitrogens with zero attached hydrogens (tertiary/aromatic N) is 1. The van der Waals surface area contributed by atoms with Gasteiger partial charge in [0, 0.05) is 19.1 Å². The van der Waals surface area contributed by atoms with Crippen molar-refractivity contribution in [2.45, 2.75) is 77.9 Å². The quantitative estimate of drug-likeness (QED) is 0.666. The highest BCUT2D eigenvalue weighted by Crippen LogP contribution is 2.26. The summed E-state index contributed by atoms with van der Waals surface area (Å²) < 4.78 is 5.93. The average Bonchev–Trinajstić information content (AvgIpc) is 2.65. The van der Waals surface area contributed by atoms with E-state index in [0.29, 0.717) is 12.5 Å². The predicted molar refractivity (Wildman–Crippen MR) is 108 cm³/mol. The Kier molecular flexibility index (Phi) is 8.43. The Morgan fingerprint density at radius 1 is 1.27 bits per heavy atom. The molecule has 1 aromatic rings. The van der Waals surface area contributed by atoms with Crippen LogP contribution in [0.4, 0.5) is 0 Å². The Hall–Kier alpha value is -1.55. The maximum absolute atomic E-state index is 12.4. The molecule has 0 saturated carbocycles. The van der Waals surface area contributed by atoms with E-state index < -0.39 is 6.10 Å². The molecule has 1 heterocycles. The van der Waals surface area contributed by atoms with Gasteiger partial charge in [-0.25, -0.2) is 0 Å². The summed E-state index contributed by atoms with van der Waals surface area (Å²) in [6, 6.07) is 8.70. The molecule has 4 heteroatoms.